The van der Waals surface area contributed by atoms with Gasteiger partial charge in [-0.2, -0.15) is 13.2 Å². The third-order valence-electron chi connectivity index (χ3n) is 3.75. The van der Waals surface area contributed by atoms with Gasteiger partial charge >= 0.3 is 12.1 Å². The van der Waals surface area contributed by atoms with Gasteiger partial charge in [0, 0.05) is 19.3 Å². The maximum Gasteiger partial charge on any atom is 0.421 e. The SMILES string of the molecule is O=C(O)C1CCCN(C(=O)Cn2cccc(C(F)(F)F)c2=O)C1. The smallest absolute Gasteiger partial charge is 0.421 e. The number of aromatic nitrogens is 1. The lowest BCUT2D eigenvalue weighted by Gasteiger charge is -2.30. The number of carbonyl (C=O) groups is 2. The zero-order chi connectivity index (χ0) is 17.2. The van der Waals surface area contributed by atoms with Gasteiger partial charge in [-0.1, -0.05) is 0 Å². The number of halogens is 3. The summed E-state index contributed by atoms with van der Waals surface area (Å²) in [4.78, 5) is 36.2. The number of amides is 1. The Labute approximate surface area is 129 Å². The summed E-state index contributed by atoms with van der Waals surface area (Å²) < 4.78 is 38.8. The number of carbonyl (C=O) groups excluding carboxylic acids is 1. The van der Waals surface area contributed by atoms with E-state index in [1.54, 1.807) is 0 Å². The molecule has 0 aromatic carbocycles. The molecule has 2 rings (SSSR count). The minimum atomic E-state index is -4.79. The van der Waals surface area contributed by atoms with E-state index in [9.17, 15) is 27.6 Å². The average molecular weight is 332 g/mol. The van der Waals surface area contributed by atoms with Crippen LogP contribution in [0.3, 0.4) is 0 Å². The third kappa shape index (κ3) is 3.91. The van der Waals surface area contributed by atoms with Gasteiger partial charge in [-0.25, -0.2) is 0 Å². The van der Waals surface area contributed by atoms with E-state index in [0.717, 1.165) is 12.3 Å². The monoisotopic (exact) mass is 332 g/mol. The van der Waals surface area contributed by atoms with Crippen molar-refractivity contribution >= 4 is 11.9 Å². The van der Waals surface area contributed by atoms with Crippen molar-refractivity contribution in [2.75, 3.05) is 13.1 Å². The predicted molar refractivity (Wildman–Crippen MR) is 72.6 cm³/mol. The van der Waals surface area contributed by atoms with Crippen molar-refractivity contribution in [2.24, 2.45) is 5.92 Å². The first-order valence-electron chi connectivity index (χ1n) is 6.97. The van der Waals surface area contributed by atoms with Crippen LogP contribution in [-0.2, 0) is 22.3 Å². The number of pyridine rings is 1. The number of aliphatic carboxylic acids is 1. The molecule has 1 fully saturated rings. The molecule has 0 saturated carbocycles. The van der Waals surface area contributed by atoms with Crippen LogP contribution in [0.4, 0.5) is 13.2 Å². The molecule has 9 heteroatoms. The molecule has 1 aromatic rings. The second-order valence-corrected chi connectivity index (χ2v) is 5.37. The van der Waals surface area contributed by atoms with Crippen LogP contribution in [0.5, 0.6) is 0 Å². The van der Waals surface area contributed by atoms with Gasteiger partial charge < -0.3 is 14.6 Å². The molecule has 1 N–H and O–H groups in total. The van der Waals surface area contributed by atoms with E-state index >= 15 is 0 Å². The molecule has 2 heterocycles. The van der Waals surface area contributed by atoms with E-state index < -0.39 is 41.6 Å². The summed E-state index contributed by atoms with van der Waals surface area (Å²) in [5.74, 6) is -2.28. The Morgan fingerprint density at radius 2 is 2.04 bits per heavy atom. The first-order chi connectivity index (χ1) is 10.7. The predicted octanol–water partition coefficient (Wildman–Crippen LogP) is 1.19. The fourth-order valence-electron chi connectivity index (χ4n) is 2.53. The maximum absolute atomic E-state index is 12.7. The molecule has 0 spiro atoms. The fraction of sp³-hybridized carbons (Fsp3) is 0.500. The van der Waals surface area contributed by atoms with Gasteiger partial charge in [-0.3, -0.25) is 14.4 Å². The Kier molecular flexibility index (Phi) is 4.76. The molecule has 1 unspecified atom stereocenters. The Balaban J connectivity index is 2.15. The van der Waals surface area contributed by atoms with Crippen molar-refractivity contribution in [1.29, 1.82) is 0 Å². The van der Waals surface area contributed by atoms with E-state index in [4.69, 9.17) is 5.11 Å². The lowest BCUT2D eigenvalue weighted by molar-refractivity contribution is -0.146. The van der Waals surface area contributed by atoms with Gasteiger partial charge in [0.2, 0.25) is 5.91 Å². The van der Waals surface area contributed by atoms with E-state index in [0.29, 0.717) is 30.0 Å². The second-order valence-electron chi connectivity index (χ2n) is 5.37. The van der Waals surface area contributed by atoms with Crippen LogP contribution >= 0.6 is 0 Å². The highest BCUT2D eigenvalue weighted by Crippen LogP contribution is 2.26. The molecule has 126 valence electrons. The van der Waals surface area contributed by atoms with Gasteiger partial charge in [0.15, 0.2) is 0 Å². The Bertz CT molecular complexity index is 669. The standard InChI is InChI=1S/C14H15F3N2O4/c15-14(16,17)10-4-2-6-19(12(10)21)8-11(20)18-5-1-3-9(7-18)13(22)23/h2,4,6,9H,1,3,5,7-8H2,(H,22,23). The largest absolute Gasteiger partial charge is 0.481 e. The second kappa shape index (κ2) is 6.43. The zero-order valence-electron chi connectivity index (χ0n) is 12.0. The number of hydrogen-bond acceptors (Lipinski definition) is 3. The highest BCUT2D eigenvalue weighted by atomic mass is 19.4. The zero-order valence-corrected chi connectivity index (χ0v) is 12.0. The Morgan fingerprint density at radius 1 is 1.35 bits per heavy atom. The molecule has 23 heavy (non-hydrogen) atoms. The first-order valence-corrected chi connectivity index (χ1v) is 6.97. The molecule has 1 atom stereocenters. The molecular weight excluding hydrogens is 317 g/mol. The molecule has 0 bridgehead atoms. The molecule has 1 aromatic heterocycles. The Morgan fingerprint density at radius 3 is 2.65 bits per heavy atom. The number of rotatable bonds is 3. The number of nitrogens with zero attached hydrogens (tertiary/aromatic N) is 2. The normalized spacial score (nSPS) is 18.7. The summed E-state index contributed by atoms with van der Waals surface area (Å²) in [7, 11) is 0. The molecule has 1 aliphatic rings. The third-order valence-corrected chi connectivity index (χ3v) is 3.75. The molecule has 6 nitrogen and oxygen atoms in total. The topological polar surface area (TPSA) is 79.6 Å². The Hall–Kier alpha value is -2.32. The molecule has 1 aliphatic heterocycles. The van der Waals surface area contributed by atoms with E-state index in [1.807, 2.05) is 0 Å². The lowest BCUT2D eigenvalue weighted by atomic mass is 9.98. The summed E-state index contributed by atoms with van der Waals surface area (Å²) in [6.45, 7) is -0.215. The minimum absolute atomic E-state index is 0.00186. The number of carboxylic acids is 1. The molecule has 1 amide bonds. The van der Waals surface area contributed by atoms with Gasteiger partial charge in [0.25, 0.3) is 5.56 Å². The van der Waals surface area contributed by atoms with E-state index in [-0.39, 0.29) is 6.54 Å². The summed E-state index contributed by atoms with van der Waals surface area (Å²) in [5, 5.41) is 8.98. The summed E-state index contributed by atoms with van der Waals surface area (Å²) in [6.07, 6.45) is -2.74. The van der Waals surface area contributed by atoms with Crippen molar-refractivity contribution in [3.8, 4) is 0 Å². The molecule has 0 aliphatic carbocycles. The van der Waals surface area contributed by atoms with Crippen molar-refractivity contribution in [3.63, 3.8) is 0 Å². The number of piperidine rings is 1. The van der Waals surface area contributed by atoms with Crippen LogP contribution in [-0.4, -0.2) is 39.5 Å². The van der Waals surface area contributed by atoms with Crippen LogP contribution in [0.15, 0.2) is 23.1 Å². The molecular formula is C14H15F3N2O4. The maximum atomic E-state index is 12.7. The van der Waals surface area contributed by atoms with E-state index in [2.05, 4.69) is 0 Å². The fourth-order valence-corrected chi connectivity index (χ4v) is 2.53. The van der Waals surface area contributed by atoms with Crippen molar-refractivity contribution in [1.82, 2.24) is 9.47 Å². The van der Waals surface area contributed by atoms with E-state index in [1.165, 1.54) is 4.90 Å². The lowest BCUT2D eigenvalue weighted by Crippen LogP contribution is -2.44. The van der Waals surface area contributed by atoms with Crippen molar-refractivity contribution in [3.05, 3.63) is 34.2 Å². The summed E-state index contributed by atoms with van der Waals surface area (Å²) in [6, 6.07) is 1.71. The van der Waals surface area contributed by atoms with Gasteiger partial charge in [0.05, 0.1) is 5.92 Å². The number of hydrogen-bond donors (Lipinski definition) is 1. The summed E-state index contributed by atoms with van der Waals surface area (Å²) in [5.41, 5.74) is -2.63. The summed E-state index contributed by atoms with van der Waals surface area (Å²) >= 11 is 0. The first kappa shape index (κ1) is 17.0. The number of likely N-dealkylation sites (tertiary alicyclic amines) is 1. The number of alkyl halides is 3. The van der Waals surface area contributed by atoms with Crippen LogP contribution in [0.2, 0.25) is 0 Å². The van der Waals surface area contributed by atoms with Gasteiger partial charge in [-0.15, -0.1) is 0 Å². The van der Waals surface area contributed by atoms with Gasteiger partial charge in [0.1, 0.15) is 12.1 Å². The minimum Gasteiger partial charge on any atom is -0.481 e. The highest BCUT2D eigenvalue weighted by Gasteiger charge is 2.34. The van der Waals surface area contributed by atoms with Crippen LogP contribution < -0.4 is 5.56 Å². The van der Waals surface area contributed by atoms with Gasteiger partial charge in [-0.05, 0) is 25.0 Å². The van der Waals surface area contributed by atoms with Crippen LogP contribution in [0.1, 0.15) is 18.4 Å². The van der Waals surface area contributed by atoms with Crippen molar-refractivity contribution < 1.29 is 27.9 Å². The molecule has 0 radical (unpaired) electrons. The molecule has 1 saturated heterocycles. The highest BCUT2D eigenvalue weighted by molar-refractivity contribution is 5.77. The van der Waals surface area contributed by atoms with Crippen molar-refractivity contribution in [2.45, 2.75) is 25.6 Å². The van der Waals surface area contributed by atoms with Crippen LogP contribution in [0.25, 0.3) is 0 Å². The average Bonchev–Trinajstić information content (AvgIpc) is 2.48. The quantitative estimate of drug-likeness (QED) is 0.902. The van der Waals surface area contributed by atoms with Crippen LogP contribution in [0, 0.1) is 5.92 Å². The number of carboxylic acid groups (broad SMARTS) is 1.